The second-order valence-corrected chi connectivity index (χ2v) is 4.27. The summed E-state index contributed by atoms with van der Waals surface area (Å²) < 4.78 is 0. The molecule has 0 atom stereocenters. The third kappa shape index (κ3) is 2.78. The fourth-order valence-electron chi connectivity index (χ4n) is 1.96. The molecule has 0 aliphatic rings. The molecular formula is C17H13N3. The van der Waals surface area contributed by atoms with Crippen LogP contribution in [0.2, 0.25) is 0 Å². The van der Waals surface area contributed by atoms with Gasteiger partial charge in [-0.1, -0.05) is 60.7 Å². The van der Waals surface area contributed by atoms with Crippen LogP contribution in [0.25, 0.3) is 0 Å². The molecular weight excluding hydrogens is 246 g/mol. The van der Waals surface area contributed by atoms with E-state index in [0.29, 0.717) is 5.82 Å². The Morgan fingerprint density at radius 3 is 1.80 bits per heavy atom. The van der Waals surface area contributed by atoms with Crippen LogP contribution < -0.4 is 0 Å². The maximum atomic E-state index is 4.64. The smallest absolute Gasteiger partial charge is 0.175 e. The summed E-state index contributed by atoms with van der Waals surface area (Å²) in [5, 5.41) is 7.90. The number of hydrogen-bond acceptors (Lipinski definition) is 3. The molecule has 0 bridgehead atoms. The van der Waals surface area contributed by atoms with Crippen molar-refractivity contribution in [3.05, 3.63) is 90.1 Å². The summed E-state index contributed by atoms with van der Waals surface area (Å²) >= 11 is 0. The van der Waals surface area contributed by atoms with E-state index in [1.807, 2.05) is 72.8 Å². The molecule has 0 saturated heterocycles. The number of rotatable bonds is 3. The van der Waals surface area contributed by atoms with E-state index in [2.05, 4.69) is 15.2 Å². The Kier molecular flexibility index (Phi) is 3.60. The second kappa shape index (κ2) is 5.89. The Labute approximate surface area is 117 Å². The van der Waals surface area contributed by atoms with Crippen LogP contribution in [0.5, 0.6) is 0 Å². The summed E-state index contributed by atoms with van der Waals surface area (Å²) in [7, 11) is 0. The van der Waals surface area contributed by atoms with E-state index in [4.69, 9.17) is 0 Å². The fraction of sp³-hybridized carbons (Fsp3) is 0. The molecule has 3 heteroatoms. The second-order valence-electron chi connectivity index (χ2n) is 4.27. The Morgan fingerprint density at radius 1 is 0.700 bits per heavy atom. The van der Waals surface area contributed by atoms with Gasteiger partial charge in [-0.2, -0.15) is 5.10 Å². The van der Waals surface area contributed by atoms with Gasteiger partial charge in [-0.05, 0) is 12.1 Å². The maximum Gasteiger partial charge on any atom is 0.175 e. The van der Waals surface area contributed by atoms with Crippen molar-refractivity contribution in [2.75, 3.05) is 0 Å². The molecule has 0 spiro atoms. The van der Waals surface area contributed by atoms with Gasteiger partial charge in [-0.15, -0.1) is 5.10 Å². The molecule has 0 saturated carbocycles. The van der Waals surface area contributed by atoms with Gasteiger partial charge in [0.15, 0.2) is 5.82 Å². The first-order valence-electron chi connectivity index (χ1n) is 6.41. The minimum absolute atomic E-state index is 0.607. The molecule has 0 fully saturated rings. The van der Waals surface area contributed by atoms with Crippen LogP contribution in [0.1, 0.15) is 11.1 Å². The van der Waals surface area contributed by atoms with E-state index in [1.54, 1.807) is 6.20 Å². The van der Waals surface area contributed by atoms with Crippen molar-refractivity contribution in [2.24, 2.45) is 4.99 Å². The highest BCUT2D eigenvalue weighted by Crippen LogP contribution is 2.15. The lowest BCUT2D eigenvalue weighted by Crippen LogP contribution is -2.02. The van der Waals surface area contributed by atoms with Crippen molar-refractivity contribution in [2.45, 2.75) is 0 Å². The van der Waals surface area contributed by atoms with Crippen LogP contribution in [0.4, 0.5) is 5.82 Å². The van der Waals surface area contributed by atoms with Gasteiger partial charge < -0.3 is 0 Å². The van der Waals surface area contributed by atoms with Gasteiger partial charge in [-0.25, -0.2) is 4.99 Å². The molecule has 1 heterocycles. The summed E-state index contributed by atoms with van der Waals surface area (Å²) in [6.07, 6.45) is 1.64. The summed E-state index contributed by atoms with van der Waals surface area (Å²) in [6.45, 7) is 0. The monoisotopic (exact) mass is 259 g/mol. The van der Waals surface area contributed by atoms with Gasteiger partial charge in [0.2, 0.25) is 0 Å². The van der Waals surface area contributed by atoms with Gasteiger partial charge in [-0.3, -0.25) is 0 Å². The number of aliphatic imine (C=N–C) groups is 1. The Morgan fingerprint density at radius 2 is 1.30 bits per heavy atom. The summed E-state index contributed by atoms with van der Waals surface area (Å²) in [4.78, 5) is 4.64. The Balaban J connectivity index is 2.12. The van der Waals surface area contributed by atoms with Crippen LogP contribution in [-0.2, 0) is 0 Å². The van der Waals surface area contributed by atoms with E-state index in [0.717, 1.165) is 16.8 Å². The summed E-state index contributed by atoms with van der Waals surface area (Å²) in [6, 6.07) is 23.9. The molecule has 0 aliphatic heterocycles. The Bertz CT molecular complexity index is 651. The van der Waals surface area contributed by atoms with Crippen LogP contribution >= 0.6 is 0 Å². The normalized spacial score (nSPS) is 10.0. The number of hydrogen-bond donors (Lipinski definition) is 0. The van der Waals surface area contributed by atoms with Crippen LogP contribution in [0.3, 0.4) is 0 Å². The molecule has 96 valence electrons. The van der Waals surface area contributed by atoms with Gasteiger partial charge >= 0.3 is 0 Å². The Hall–Kier alpha value is -2.81. The van der Waals surface area contributed by atoms with Crippen molar-refractivity contribution >= 4 is 11.5 Å². The van der Waals surface area contributed by atoms with Crippen LogP contribution in [0.15, 0.2) is 84.0 Å². The van der Waals surface area contributed by atoms with Crippen molar-refractivity contribution in [1.82, 2.24) is 10.2 Å². The molecule has 2 aromatic carbocycles. The standard InChI is InChI=1S/C17H13N3/c1-3-8-14(9-4-1)17(15-10-5-2-6-11-15)19-16-12-7-13-18-20-16/h1-13H. The number of benzene rings is 2. The van der Waals surface area contributed by atoms with Gasteiger partial charge in [0.1, 0.15) is 0 Å². The zero-order valence-corrected chi connectivity index (χ0v) is 10.8. The molecule has 0 unspecified atom stereocenters. The molecule has 3 nitrogen and oxygen atoms in total. The van der Waals surface area contributed by atoms with E-state index < -0.39 is 0 Å². The maximum absolute atomic E-state index is 4.64. The summed E-state index contributed by atoms with van der Waals surface area (Å²) in [5.41, 5.74) is 3.01. The fourth-order valence-corrected chi connectivity index (χ4v) is 1.96. The largest absolute Gasteiger partial charge is 0.226 e. The van der Waals surface area contributed by atoms with E-state index in [-0.39, 0.29) is 0 Å². The molecule has 0 amide bonds. The minimum Gasteiger partial charge on any atom is -0.226 e. The zero-order valence-electron chi connectivity index (χ0n) is 10.8. The molecule has 0 N–H and O–H groups in total. The van der Waals surface area contributed by atoms with E-state index in [9.17, 15) is 0 Å². The highest BCUT2D eigenvalue weighted by atomic mass is 15.1. The number of nitrogens with zero attached hydrogens (tertiary/aromatic N) is 3. The van der Waals surface area contributed by atoms with Crippen molar-refractivity contribution < 1.29 is 0 Å². The predicted octanol–water partition coefficient (Wildman–Crippen LogP) is 3.65. The minimum atomic E-state index is 0.607. The average Bonchev–Trinajstić information content (AvgIpc) is 2.55. The molecule has 20 heavy (non-hydrogen) atoms. The highest BCUT2D eigenvalue weighted by molar-refractivity contribution is 6.13. The van der Waals surface area contributed by atoms with Crippen molar-refractivity contribution in [1.29, 1.82) is 0 Å². The van der Waals surface area contributed by atoms with E-state index in [1.165, 1.54) is 0 Å². The predicted molar refractivity (Wildman–Crippen MR) is 80.2 cm³/mol. The van der Waals surface area contributed by atoms with Crippen molar-refractivity contribution in [3.63, 3.8) is 0 Å². The third-order valence-electron chi connectivity index (χ3n) is 2.88. The van der Waals surface area contributed by atoms with Crippen LogP contribution in [0, 0.1) is 0 Å². The third-order valence-corrected chi connectivity index (χ3v) is 2.88. The van der Waals surface area contributed by atoms with Crippen LogP contribution in [-0.4, -0.2) is 15.9 Å². The molecule has 0 radical (unpaired) electrons. The molecule has 0 aliphatic carbocycles. The van der Waals surface area contributed by atoms with Gasteiger partial charge in [0.05, 0.1) is 5.71 Å². The van der Waals surface area contributed by atoms with Gasteiger partial charge in [0.25, 0.3) is 0 Å². The first-order valence-corrected chi connectivity index (χ1v) is 6.41. The average molecular weight is 259 g/mol. The first kappa shape index (κ1) is 12.2. The van der Waals surface area contributed by atoms with E-state index >= 15 is 0 Å². The summed E-state index contributed by atoms with van der Waals surface area (Å²) in [5.74, 6) is 0.607. The number of aromatic nitrogens is 2. The topological polar surface area (TPSA) is 38.1 Å². The zero-order chi connectivity index (χ0) is 13.6. The molecule has 3 aromatic rings. The quantitative estimate of drug-likeness (QED) is 0.673. The SMILES string of the molecule is c1ccc(C(=Nc2cccnn2)c2ccccc2)cc1. The molecule has 1 aromatic heterocycles. The van der Waals surface area contributed by atoms with Crippen molar-refractivity contribution in [3.8, 4) is 0 Å². The highest BCUT2D eigenvalue weighted by Gasteiger charge is 2.06. The molecule has 3 rings (SSSR count). The first-order chi connectivity index (χ1) is 9.93. The lowest BCUT2D eigenvalue weighted by molar-refractivity contribution is 1.02. The lowest BCUT2D eigenvalue weighted by Gasteiger charge is -2.06. The lowest BCUT2D eigenvalue weighted by atomic mass is 10.0. The van der Waals surface area contributed by atoms with Gasteiger partial charge in [0, 0.05) is 17.3 Å².